The van der Waals surface area contributed by atoms with E-state index in [1.807, 2.05) is 34.3 Å². The number of fused-ring (bicyclic) bond motifs is 1. The molecule has 0 saturated heterocycles. The van der Waals surface area contributed by atoms with Crippen LogP contribution in [0.5, 0.6) is 5.75 Å². The van der Waals surface area contributed by atoms with Crippen molar-refractivity contribution in [3.63, 3.8) is 0 Å². The van der Waals surface area contributed by atoms with E-state index >= 15 is 0 Å². The molecular weight excluding hydrogens is 406 g/mol. The predicted octanol–water partition coefficient (Wildman–Crippen LogP) is 4.53. The average Bonchev–Trinajstić information content (AvgIpc) is 3.24. The van der Waals surface area contributed by atoms with Crippen LogP contribution in [0.25, 0.3) is 16.2 Å². The van der Waals surface area contributed by atoms with Gasteiger partial charge in [-0.1, -0.05) is 29.8 Å². The maximum atomic E-state index is 13.0. The number of sulfonamides is 1. The summed E-state index contributed by atoms with van der Waals surface area (Å²) in [5.41, 5.74) is 1.78. The number of nitrogens with one attached hydrogen (secondary N) is 1. The third kappa shape index (κ3) is 3.39. The molecule has 0 amide bonds. The molecule has 0 aliphatic heterocycles. The molecule has 4 rings (SSSR count). The van der Waals surface area contributed by atoms with Gasteiger partial charge in [-0.25, -0.2) is 13.4 Å². The molecule has 0 atom stereocenters. The quantitative estimate of drug-likeness (QED) is 0.516. The van der Waals surface area contributed by atoms with Crippen LogP contribution in [0.4, 0.5) is 5.69 Å². The van der Waals surface area contributed by atoms with Crippen LogP contribution in [0.2, 0.25) is 5.02 Å². The number of aromatic nitrogens is 2. The molecule has 0 unspecified atom stereocenters. The van der Waals surface area contributed by atoms with E-state index in [9.17, 15) is 8.42 Å². The van der Waals surface area contributed by atoms with Gasteiger partial charge in [0.1, 0.15) is 10.6 Å². The smallest absolute Gasteiger partial charge is 0.265 e. The van der Waals surface area contributed by atoms with Gasteiger partial charge in [-0.3, -0.25) is 9.12 Å². The summed E-state index contributed by atoms with van der Waals surface area (Å²) in [4.78, 5) is 5.36. The Morgan fingerprint density at radius 1 is 1.22 bits per heavy atom. The van der Waals surface area contributed by atoms with Crippen molar-refractivity contribution in [2.24, 2.45) is 0 Å². The molecule has 9 heteroatoms. The van der Waals surface area contributed by atoms with Crippen molar-refractivity contribution in [2.45, 2.75) is 4.90 Å². The Morgan fingerprint density at radius 3 is 2.81 bits per heavy atom. The maximum Gasteiger partial charge on any atom is 0.265 e. The summed E-state index contributed by atoms with van der Waals surface area (Å²) in [6.07, 6.45) is 3.76. The molecule has 2 heterocycles. The minimum Gasteiger partial charge on any atom is -0.495 e. The summed E-state index contributed by atoms with van der Waals surface area (Å²) in [7, 11) is -2.51. The number of thiazole rings is 1. The van der Waals surface area contributed by atoms with Crippen molar-refractivity contribution < 1.29 is 13.2 Å². The highest BCUT2D eigenvalue weighted by Gasteiger charge is 2.22. The van der Waals surface area contributed by atoms with E-state index in [0.29, 0.717) is 22.0 Å². The van der Waals surface area contributed by atoms with Crippen LogP contribution in [0.1, 0.15) is 0 Å². The number of imidazole rings is 1. The second kappa shape index (κ2) is 6.88. The van der Waals surface area contributed by atoms with E-state index in [1.54, 1.807) is 18.2 Å². The number of hydrogen-bond acceptors (Lipinski definition) is 5. The Hall–Kier alpha value is -2.55. The highest BCUT2D eigenvalue weighted by molar-refractivity contribution is 7.92. The monoisotopic (exact) mass is 419 g/mol. The minimum absolute atomic E-state index is 0.0295. The topological polar surface area (TPSA) is 72.7 Å². The van der Waals surface area contributed by atoms with E-state index in [1.165, 1.54) is 30.6 Å². The first kappa shape index (κ1) is 17.8. The summed E-state index contributed by atoms with van der Waals surface area (Å²) >= 11 is 7.49. The molecular formula is C18H14ClN3O3S2. The van der Waals surface area contributed by atoms with E-state index in [4.69, 9.17) is 16.3 Å². The van der Waals surface area contributed by atoms with Crippen LogP contribution in [-0.2, 0) is 10.0 Å². The van der Waals surface area contributed by atoms with E-state index in [2.05, 4.69) is 9.71 Å². The third-order valence-corrected chi connectivity index (χ3v) is 6.35. The number of hydrogen-bond donors (Lipinski definition) is 1. The first-order valence-corrected chi connectivity index (χ1v) is 10.6. The van der Waals surface area contributed by atoms with Crippen molar-refractivity contribution in [2.75, 3.05) is 11.8 Å². The number of nitrogens with zero attached hydrogens (tertiary/aromatic N) is 2. The number of methoxy groups -OCH3 is 1. The number of para-hydroxylation sites is 1. The minimum atomic E-state index is -3.92. The molecule has 27 heavy (non-hydrogen) atoms. The fourth-order valence-electron chi connectivity index (χ4n) is 2.71. The van der Waals surface area contributed by atoms with E-state index < -0.39 is 10.0 Å². The molecule has 138 valence electrons. The zero-order valence-corrected chi connectivity index (χ0v) is 16.5. The van der Waals surface area contributed by atoms with Crippen LogP contribution in [0.3, 0.4) is 0 Å². The van der Waals surface area contributed by atoms with Gasteiger partial charge in [-0.15, -0.1) is 11.3 Å². The molecule has 0 fully saturated rings. The second-order valence-electron chi connectivity index (χ2n) is 5.67. The SMILES string of the molecule is COc1ccc(Cl)cc1S(=O)(=O)Nc1ccccc1-c1cn2ccsc2n1. The van der Waals surface area contributed by atoms with Gasteiger partial charge >= 0.3 is 0 Å². The Bertz CT molecular complexity index is 1200. The van der Waals surface area contributed by atoms with Crippen LogP contribution in [-0.4, -0.2) is 24.9 Å². The molecule has 6 nitrogen and oxygen atoms in total. The standard InChI is InChI=1S/C18H14ClN3O3S2/c1-25-16-7-6-12(19)10-17(16)27(23,24)21-14-5-3-2-4-13(14)15-11-22-8-9-26-18(22)20-15/h2-11,21H,1H3. The Labute approximate surface area is 165 Å². The Kier molecular flexibility index (Phi) is 4.55. The molecule has 0 saturated carbocycles. The fraction of sp³-hybridized carbons (Fsp3) is 0.0556. The van der Waals surface area contributed by atoms with Gasteiger partial charge in [0.2, 0.25) is 0 Å². The first-order valence-electron chi connectivity index (χ1n) is 7.86. The second-order valence-corrected chi connectivity index (χ2v) is 8.63. The third-order valence-electron chi connectivity index (χ3n) is 3.96. The highest BCUT2D eigenvalue weighted by atomic mass is 35.5. The molecule has 4 aromatic rings. The largest absolute Gasteiger partial charge is 0.495 e. The van der Waals surface area contributed by atoms with Gasteiger partial charge in [0, 0.05) is 28.4 Å². The van der Waals surface area contributed by atoms with Gasteiger partial charge in [0.05, 0.1) is 18.5 Å². The van der Waals surface area contributed by atoms with Gasteiger partial charge in [-0.05, 0) is 24.3 Å². The van der Waals surface area contributed by atoms with Crippen molar-refractivity contribution in [1.29, 1.82) is 0 Å². The molecule has 0 aliphatic rings. The van der Waals surface area contributed by atoms with Crippen LogP contribution < -0.4 is 9.46 Å². The van der Waals surface area contributed by atoms with Gasteiger partial charge in [0.15, 0.2) is 4.96 Å². The summed E-state index contributed by atoms with van der Waals surface area (Å²) in [6.45, 7) is 0. The van der Waals surface area contributed by atoms with Crippen LogP contribution >= 0.6 is 22.9 Å². The number of rotatable bonds is 5. The normalized spacial score (nSPS) is 11.6. The molecule has 2 aromatic carbocycles. The summed E-state index contributed by atoms with van der Waals surface area (Å²) in [6, 6.07) is 11.6. The lowest BCUT2D eigenvalue weighted by molar-refractivity contribution is 0.403. The van der Waals surface area contributed by atoms with Crippen molar-refractivity contribution >= 4 is 43.6 Å². The van der Waals surface area contributed by atoms with E-state index in [0.717, 1.165) is 4.96 Å². The lowest BCUT2D eigenvalue weighted by atomic mass is 10.1. The lowest BCUT2D eigenvalue weighted by Crippen LogP contribution is -2.14. The zero-order valence-electron chi connectivity index (χ0n) is 14.1. The van der Waals surface area contributed by atoms with Gasteiger partial charge in [0.25, 0.3) is 10.0 Å². The fourth-order valence-corrected chi connectivity index (χ4v) is 4.93. The zero-order chi connectivity index (χ0) is 19.0. The molecule has 0 bridgehead atoms. The molecule has 1 N–H and O–H groups in total. The average molecular weight is 420 g/mol. The number of benzene rings is 2. The summed E-state index contributed by atoms with van der Waals surface area (Å²) in [5, 5.41) is 2.24. The first-order chi connectivity index (χ1) is 13.0. The van der Waals surface area contributed by atoms with Crippen LogP contribution in [0.15, 0.2) is 65.1 Å². The Balaban J connectivity index is 1.77. The van der Waals surface area contributed by atoms with Crippen molar-refractivity contribution in [3.8, 4) is 17.0 Å². The highest BCUT2D eigenvalue weighted by Crippen LogP contribution is 2.33. The molecule has 2 aromatic heterocycles. The van der Waals surface area contributed by atoms with Crippen LogP contribution in [0, 0.1) is 0 Å². The van der Waals surface area contributed by atoms with Gasteiger partial charge < -0.3 is 4.74 Å². The number of ether oxygens (including phenoxy) is 1. The van der Waals surface area contributed by atoms with E-state index in [-0.39, 0.29) is 10.6 Å². The molecule has 0 aliphatic carbocycles. The maximum absolute atomic E-state index is 13.0. The lowest BCUT2D eigenvalue weighted by Gasteiger charge is -2.14. The van der Waals surface area contributed by atoms with Crippen molar-refractivity contribution in [1.82, 2.24) is 9.38 Å². The predicted molar refractivity (Wildman–Crippen MR) is 107 cm³/mol. The number of anilines is 1. The summed E-state index contributed by atoms with van der Waals surface area (Å²) < 4.78 is 35.6. The number of halogens is 1. The van der Waals surface area contributed by atoms with Crippen molar-refractivity contribution in [3.05, 3.63) is 65.3 Å². The molecule has 0 spiro atoms. The molecule has 0 radical (unpaired) electrons. The van der Waals surface area contributed by atoms with Gasteiger partial charge in [-0.2, -0.15) is 0 Å². The summed E-state index contributed by atoms with van der Waals surface area (Å²) in [5.74, 6) is 0.215. The Morgan fingerprint density at radius 2 is 2.04 bits per heavy atom.